The van der Waals surface area contributed by atoms with Crippen LogP contribution < -0.4 is 16.0 Å². The van der Waals surface area contributed by atoms with Crippen molar-refractivity contribution < 1.29 is 4.74 Å². The van der Waals surface area contributed by atoms with Crippen LogP contribution in [0.15, 0.2) is 29.3 Å². The Bertz CT molecular complexity index is 590. The molecule has 1 heterocycles. The van der Waals surface area contributed by atoms with E-state index in [1.807, 2.05) is 19.1 Å². The molecule has 3 N–H and O–H groups in total. The number of halogens is 1. The van der Waals surface area contributed by atoms with Gasteiger partial charge in [0.25, 0.3) is 5.56 Å². The van der Waals surface area contributed by atoms with Crippen LogP contribution in [0.1, 0.15) is 5.56 Å². The van der Waals surface area contributed by atoms with Gasteiger partial charge in [-0.05, 0) is 18.6 Å². The first-order chi connectivity index (χ1) is 8.09. The molecule has 1 aromatic carbocycles. The lowest BCUT2D eigenvalue weighted by molar-refractivity contribution is 0.459. The SMILES string of the molecule is Cc1cccc(N)c1Oc1nc[nH]c(=O)c1Cl. The molecule has 0 saturated heterocycles. The van der Waals surface area contributed by atoms with Crippen LogP contribution in [0.3, 0.4) is 0 Å². The summed E-state index contributed by atoms with van der Waals surface area (Å²) in [7, 11) is 0. The molecule has 0 aliphatic carbocycles. The number of H-pyrrole nitrogens is 1. The van der Waals surface area contributed by atoms with Crippen LogP contribution in [0, 0.1) is 6.92 Å². The van der Waals surface area contributed by atoms with Crippen LogP contribution in [-0.2, 0) is 0 Å². The summed E-state index contributed by atoms with van der Waals surface area (Å²) in [5.74, 6) is 0.490. The Balaban J connectivity index is 2.45. The summed E-state index contributed by atoms with van der Waals surface area (Å²) in [6, 6.07) is 5.35. The maximum atomic E-state index is 11.3. The summed E-state index contributed by atoms with van der Waals surface area (Å²) in [6.07, 6.45) is 1.22. The number of nitrogens with two attached hydrogens (primary N) is 1. The number of para-hydroxylation sites is 1. The molecule has 0 radical (unpaired) electrons. The van der Waals surface area contributed by atoms with Gasteiger partial charge in [0.2, 0.25) is 5.88 Å². The topological polar surface area (TPSA) is 81.0 Å². The number of hydrogen-bond acceptors (Lipinski definition) is 4. The maximum Gasteiger partial charge on any atom is 0.273 e. The second-order valence-corrected chi connectivity index (χ2v) is 3.82. The molecule has 88 valence electrons. The van der Waals surface area contributed by atoms with E-state index in [4.69, 9.17) is 22.1 Å². The number of ether oxygens (including phenoxy) is 1. The average Bonchev–Trinajstić information content (AvgIpc) is 2.29. The van der Waals surface area contributed by atoms with Gasteiger partial charge in [-0.15, -0.1) is 0 Å². The van der Waals surface area contributed by atoms with Crippen molar-refractivity contribution in [1.82, 2.24) is 9.97 Å². The molecule has 0 aliphatic heterocycles. The molecule has 0 amide bonds. The summed E-state index contributed by atoms with van der Waals surface area (Å²) in [5, 5.41) is -0.102. The molecular formula is C11H10ClN3O2. The van der Waals surface area contributed by atoms with Gasteiger partial charge >= 0.3 is 0 Å². The van der Waals surface area contributed by atoms with E-state index in [0.29, 0.717) is 11.4 Å². The number of benzene rings is 1. The Labute approximate surface area is 102 Å². The predicted octanol–water partition coefficient (Wildman–Crippen LogP) is 2.11. The second-order valence-electron chi connectivity index (χ2n) is 3.45. The van der Waals surface area contributed by atoms with Gasteiger partial charge < -0.3 is 15.5 Å². The number of aromatic amines is 1. The van der Waals surface area contributed by atoms with E-state index in [-0.39, 0.29) is 10.9 Å². The van der Waals surface area contributed by atoms with E-state index < -0.39 is 5.56 Å². The van der Waals surface area contributed by atoms with Gasteiger partial charge in [0.05, 0.1) is 12.0 Å². The number of hydrogen-bond donors (Lipinski definition) is 2. The molecule has 0 spiro atoms. The highest BCUT2D eigenvalue weighted by atomic mass is 35.5. The largest absolute Gasteiger partial charge is 0.435 e. The monoisotopic (exact) mass is 251 g/mol. The van der Waals surface area contributed by atoms with Gasteiger partial charge in [0, 0.05) is 0 Å². The number of aryl methyl sites for hydroxylation is 1. The number of nitrogens with zero attached hydrogens (tertiary/aromatic N) is 1. The van der Waals surface area contributed by atoms with Crippen molar-refractivity contribution in [3.63, 3.8) is 0 Å². The zero-order valence-corrected chi connectivity index (χ0v) is 9.78. The molecule has 17 heavy (non-hydrogen) atoms. The lowest BCUT2D eigenvalue weighted by atomic mass is 10.2. The number of anilines is 1. The maximum absolute atomic E-state index is 11.3. The Kier molecular flexibility index (Phi) is 3.01. The van der Waals surface area contributed by atoms with Crippen molar-refractivity contribution in [2.24, 2.45) is 0 Å². The van der Waals surface area contributed by atoms with E-state index in [2.05, 4.69) is 9.97 Å². The van der Waals surface area contributed by atoms with Crippen molar-refractivity contribution >= 4 is 17.3 Å². The highest BCUT2D eigenvalue weighted by Crippen LogP contribution is 2.31. The van der Waals surface area contributed by atoms with Crippen LogP contribution in [0.5, 0.6) is 11.6 Å². The zero-order valence-electron chi connectivity index (χ0n) is 9.03. The normalized spacial score (nSPS) is 10.2. The molecule has 0 unspecified atom stereocenters. The summed E-state index contributed by atoms with van der Waals surface area (Å²) in [5.41, 5.74) is 6.62. The highest BCUT2D eigenvalue weighted by molar-refractivity contribution is 6.31. The van der Waals surface area contributed by atoms with Crippen LogP contribution in [-0.4, -0.2) is 9.97 Å². The lowest BCUT2D eigenvalue weighted by Crippen LogP contribution is -2.08. The van der Waals surface area contributed by atoms with Crippen LogP contribution in [0.25, 0.3) is 0 Å². The van der Waals surface area contributed by atoms with Gasteiger partial charge in [-0.1, -0.05) is 23.7 Å². The first kappa shape index (κ1) is 11.5. The van der Waals surface area contributed by atoms with E-state index in [1.54, 1.807) is 6.07 Å². The van der Waals surface area contributed by atoms with Crippen LogP contribution in [0.4, 0.5) is 5.69 Å². The molecule has 6 heteroatoms. The van der Waals surface area contributed by atoms with E-state index in [9.17, 15) is 4.79 Å². The van der Waals surface area contributed by atoms with Crippen molar-refractivity contribution in [3.05, 3.63) is 45.5 Å². The summed E-state index contributed by atoms with van der Waals surface area (Å²) in [6.45, 7) is 1.84. The van der Waals surface area contributed by atoms with E-state index in [1.165, 1.54) is 6.33 Å². The van der Waals surface area contributed by atoms with Crippen LogP contribution in [0.2, 0.25) is 5.02 Å². The standard InChI is InChI=1S/C11H10ClN3O2/c1-6-3-2-4-7(13)9(6)17-11-8(12)10(16)14-5-15-11/h2-5H,13H2,1H3,(H,14,15,16). The predicted molar refractivity (Wildman–Crippen MR) is 65.5 cm³/mol. The molecule has 0 atom stereocenters. The highest BCUT2D eigenvalue weighted by Gasteiger charge is 2.11. The molecule has 1 aromatic heterocycles. The quantitative estimate of drug-likeness (QED) is 0.801. The molecular weight excluding hydrogens is 242 g/mol. The third-order valence-electron chi connectivity index (χ3n) is 2.21. The average molecular weight is 252 g/mol. The Morgan fingerprint density at radius 3 is 2.94 bits per heavy atom. The van der Waals surface area contributed by atoms with Crippen molar-refractivity contribution in [1.29, 1.82) is 0 Å². The second kappa shape index (κ2) is 4.47. The van der Waals surface area contributed by atoms with Crippen molar-refractivity contribution in [2.45, 2.75) is 6.92 Å². The molecule has 0 fully saturated rings. The molecule has 5 nitrogen and oxygen atoms in total. The Morgan fingerprint density at radius 2 is 2.24 bits per heavy atom. The fourth-order valence-electron chi connectivity index (χ4n) is 1.35. The van der Waals surface area contributed by atoms with Gasteiger partial charge in [-0.3, -0.25) is 4.79 Å². The minimum absolute atomic E-state index is 0.0383. The molecule has 0 bridgehead atoms. The van der Waals surface area contributed by atoms with E-state index >= 15 is 0 Å². The zero-order chi connectivity index (χ0) is 12.4. The van der Waals surface area contributed by atoms with E-state index in [0.717, 1.165) is 5.56 Å². The minimum atomic E-state index is -0.455. The van der Waals surface area contributed by atoms with Gasteiger partial charge in [0.15, 0.2) is 10.8 Å². The van der Waals surface area contributed by atoms with Crippen molar-refractivity contribution in [3.8, 4) is 11.6 Å². The Hall–Kier alpha value is -2.01. The first-order valence-corrected chi connectivity index (χ1v) is 5.23. The third-order valence-corrected chi connectivity index (χ3v) is 2.54. The number of nitrogen functional groups attached to an aromatic ring is 1. The third kappa shape index (κ3) is 2.24. The van der Waals surface area contributed by atoms with Crippen molar-refractivity contribution in [2.75, 3.05) is 5.73 Å². The summed E-state index contributed by atoms with van der Waals surface area (Å²) in [4.78, 5) is 17.5. The smallest absolute Gasteiger partial charge is 0.273 e. The summed E-state index contributed by atoms with van der Waals surface area (Å²) < 4.78 is 5.46. The lowest BCUT2D eigenvalue weighted by Gasteiger charge is -2.10. The van der Waals surface area contributed by atoms with Gasteiger partial charge in [0.1, 0.15) is 0 Å². The van der Waals surface area contributed by atoms with Gasteiger partial charge in [-0.25, -0.2) is 4.98 Å². The summed E-state index contributed by atoms with van der Waals surface area (Å²) >= 11 is 5.78. The first-order valence-electron chi connectivity index (χ1n) is 4.85. The Morgan fingerprint density at radius 1 is 1.47 bits per heavy atom. The number of aromatic nitrogens is 2. The number of rotatable bonds is 2. The number of nitrogens with one attached hydrogen (secondary N) is 1. The molecule has 2 rings (SSSR count). The van der Waals surface area contributed by atoms with Gasteiger partial charge in [-0.2, -0.15) is 0 Å². The fourth-order valence-corrected chi connectivity index (χ4v) is 1.49. The molecule has 0 saturated carbocycles. The van der Waals surface area contributed by atoms with Crippen LogP contribution >= 0.6 is 11.6 Å². The molecule has 2 aromatic rings. The fraction of sp³-hybridized carbons (Fsp3) is 0.0909. The minimum Gasteiger partial charge on any atom is -0.435 e. The molecule has 0 aliphatic rings.